The molecule has 0 saturated carbocycles. The molecule has 1 aromatic carbocycles. The Balaban J connectivity index is 2.86. The number of aliphatic hydroxyl groups excluding tert-OH is 2. The van der Waals surface area contributed by atoms with Crippen molar-refractivity contribution in [3.05, 3.63) is 35.1 Å². The van der Waals surface area contributed by atoms with Gasteiger partial charge in [-0.3, -0.25) is 9.59 Å². The number of rotatable bonds is 6. The van der Waals surface area contributed by atoms with Crippen LogP contribution in [0.15, 0.2) is 18.2 Å². The number of esters is 1. The normalized spacial score (nSPS) is 13.7. The van der Waals surface area contributed by atoms with Crippen molar-refractivity contribution in [3.8, 4) is 0 Å². The minimum Gasteiger partial charge on any atom is -0.466 e. The lowest BCUT2D eigenvalue weighted by molar-refractivity contribution is -0.147. The van der Waals surface area contributed by atoms with E-state index in [1.54, 1.807) is 6.92 Å². The second kappa shape index (κ2) is 6.96. The molecule has 0 spiro atoms. The summed E-state index contributed by atoms with van der Waals surface area (Å²) in [6, 6.07) is 3.21. The fourth-order valence-corrected chi connectivity index (χ4v) is 1.62. The zero-order valence-corrected chi connectivity index (χ0v) is 10.4. The lowest BCUT2D eigenvalue weighted by Gasteiger charge is -2.18. The van der Waals surface area contributed by atoms with Crippen molar-refractivity contribution in [2.75, 3.05) is 6.61 Å². The van der Waals surface area contributed by atoms with Crippen LogP contribution in [0.25, 0.3) is 0 Å². The van der Waals surface area contributed by atoms with Crippen molar-refractivity contribution in [1.82, 2.24) is 0 Å². The summed E-state index contributed by atoms with van der Waals surface area (Å²) in [6.45, 7) is 1.76. The third-order valence-electron chi connectivity index (χ3n) is 2.54. The maximum absolute atomic E-state index is 13.1. The van der Waals surface area contributed by atoms with Gasteiger partial charge in [-0.25, -0.2) is 4.39 Å². The van der Waals surface area contributed by atoms with Crippen molar-refractivity contribution in [3.63, 3.8) is 0 Å². The monoisotopic (exact) mass is 270 g/mol. The van der Waals surface area contributed by atoms with E-state index in [0.717, 1.165) is 12.1 Å². The highest BCUT2D eigenvalue weighted by molar-refractivity contribution is 5.77. The van der Waals surface area contributed by atoms with E-state index in [1.807, 2.05) is 0 Å². The number of aldehydes is 1. The molecule has 6 heteroatoms. The Morgan fingerprint density at radius 3 is 2.74 bits per heavy atom. The van der Waals surface area contributed by atoms with Gasteiger partial charge in [-0.1, -0.05) is 0 Å². The van der Waals surface area contributed by atoms with Crippen LogP contribution in [0.5, 0.6) is 0 Å². The zero-order chi connectivity index (χ0) is 14.4. The predicted molar refractivity (Wildman–Crippen MR) is 64.0 cm³/mol. The largest absolute Gasteiger partial charge is 0.466 e. The van der Waals surface area contributed by atoms with Gasteiger partial charge in [0, 0.05) is 5.56 Å². The molecule has 19 heavy (non-hydrogen) atoms. The lowest BCUT2D eigenvalue weighted by atomic mass is 9.97. The van der Waals surface area contributed by atoms with E-state index in [9.17, 15) is 24.2 Å². The summed E-state index contributed by atoms with van der Waals surface area (Å²) in [7, 11) is 0. The highest BCUT2D eigenvalue weighted by Crippen LogP contribution is 2.23. The number of ether oxygens (including phenoxy) is 1. The molecule has 0 aliphatic heterocycles. The maximum atomic E-state index is 13.1. The van der Waals surface area contributed by atoms with Crippen LogP contribution in [-0.4, -0.2) is 35.2 Å². The molecule has 0 heterocycles. The fraction of sp³-hybridized carbons (Fsp3) is 0.385. The minimum atomic E-state index is -1.54. The molecule has 1 rings (SSSR count). The van der Waals surface area contributed by atoms with E-state index >= 15 is 0 Å². The molecule has 5 nitrogen and oxygen atoms in total. The molecule has 2 unspecified atom stereocenters. The molecule has 0 radical (unpaired) electrons. The van der Waals surface area contributed by atoms with Gasteiger partial charge in [0.25, 0.3) is 0 Å². The Morgan fingerprint density at radius 2 is 2.16 bits per heavy atom. The summed E-state index contributed by atoms with van der Waals surface area (Å²) in [6.07, 6.45) is -3.02. The molecule has 0 aliphatic carbocycles. The first-order valence-corrected chi connectivity index (χ1v) is 5.76. The van der Waals surface area contributed by atoms with Gasteiger partial charge in [0.15, 0.2) is 0 Å². The summed E-state index contributed by atoms with van der Waals surface area (Å²) in [4.78, 5) is 22.0. The van der Waals surface area contributed by atoms with E-state index in [0.29, 0.717) is 6.29 Å². The Hall–Kier alpha value is -1.79. The predicted octanol–water partition coefficient (Wildman–Crippen LogP) is 0.986. The second-order valence-electron chi connectivity index (χ2n) is 3.91. The summed E-state index contributed by atoms with van der Waals surface area (Å²) < 4.78 is 17.7. The highest BCUT2D eigenvalue weighted by Gasteiger charge is 2.24. The average molecular weight is 270 g/mol. The van der Waals surface area contributed by atoms with Gasteiger partial charge in [0.2, 0.25) is 0 Å². The third-order valence-corrected chi connectivity index (χ3v) is 2.54. The smallest absolute Gasteiger partial charge is 0.308 e. The first kappa shape index (κ1) is 15.3. The topological polar surface area (TPSA) is 83.8 Å². The van der Waals surface area contributed by atoms with Gasteiger partial charge in [0.1, 0.15) is 18.2 Å². The quantitative estimate of drug-likeness (QED) is 0.595. The zero-order valence-electron chi connectivity index (χ0n) is 10.4. The summed E-state index contributed by atoms with van der Waals surface area (Å²) >= 11 is 0. The van der Waals surface area contributed by atoms with Crippen LogP contribution in [0.4, 0.5) is 4.39 Å². The van der Waals surface area contributed by atoms with Crippen LogP contribution >= 0.6 is 0 Å². The molecule has 104 valence electrons. The van der Waals surface area contributed by atoms with Gasteiger partial charge >= 0.3 is 5.97 Å². The molecule has 0 aliphatic rings. The standard InChI is InChI=1S/C13H15FO5/c1-2-19-12(17)6-11(16)13(18)10-5-9(14)4-3-8(10)7-15/h3-5,7,11,13,16,18H,2,6H2,1H3. The van der Waals surface area contributed by atoms with Gasteiger partial charge in [-0.2, -0.15) is 0 Å². The van der Waals surface area contributed by atoms with E-state index in [2.05, 4.69) is 4.74 Å². The number of hydrogen-bond acceptors (Lipinski definition) is 5. The molecular formula is C13H15FO5. The Bertz CT molecular complexity index is 460. The summed E-state index contributed by atoms with van der Waals surface area (Å²) in [5, 5.41) is 19.5. The average Bonchev–Trinajstić information content (AvgIpc) is 2.37. The third kappa shape index (κ3) is 4.11. The van der Waals surface area contributed by atoms with Crippen LogP contribution in [0.3, 0.4) is 0 Å². The molecular weight excluding hydrogens is 255 g/mol. The first-order chi connectivity index (χ1) is 8.99. The van der Waals surface area contributed by atoms with Gasteiger partial charge in [-0.15, -0.1) is 0 Å². The van der Waals surface area contributed by atoms with Gasteiger partial charge in [0.05, 0.1) is 19.1 Å². The molecule has 2 atom stereocenters. The molecule has 2 N–H and O–H groups in total. The SMILES string of the molecule is CCOC(=O)CC(O)C(O)c1cc(F)ccc1C=O. The summed E-state index contributed by atoms with van der Waals surface area (Å²) in [5.74, 6) is -1.33. The molecule has 0 bridgehead atoms. The summed E-state index contributed by atoms with van der Waals surface area (Å²) in [5.41, 5.74) is -0.0105. The number of benzene rings is 1. The van der Waals surface area contributed by atoms with E-state index in [1.165, 1.54) is 6.07 Å². The minimum absolute atomic E-state index is 0.0526. The van der Waals surface area contributed by atoms with E-state index in [-0.39, 0.29) is 17.7 Å². The van der Waals surface area contributed by atoms with Crippen molar-refractivity contribution in [2.24, 2.45) is 0 Å². The van der Waals surface area contributed by atoms with E-state index < -0.39 is 30.4 Å². The van der Waals surface area contributed by atoms with Crippen molar-refractivity contribution in [2.45, 2.75) is 25.6 Å². The van der Waals surface area contributed by atoms with Crippen molar-refractivity contribution in [1.29, 1.82) is 0 Å². The number of carbonyl (C=O) groups is 2. The number of halogens is 1. The van der Waals surface area contributed by atoms with Crippen LogP contribution in [-0.2, 0) is 9.53 Å². The van der Waals surface area contributed by atoms with Crippen molar-refractivity contribution < 1.29 is 28.9 Å². The number of aliphatic hydroxyl groups is 2. The highest BCUT2D eigenvalue weighted by atomic mass is 19.1. The molecule has 0 aromatic heterocycles. The Kier molecular flexibility index (Phi) is 5.59. The van der Waals surface area contributed by atoms with Crippen LogP contribution in [0.1, 0.15) is 35.4 Å². The fourth-order valence-electron chi connectivity index (χ4n) is 1.62. The number of carbonyl (C=O) groups excluding carboxylic acids is 2. The molecule has 1 aromatic rings. The van der Waals surface area contributed by atoms with Crippen LogP contribution in [0.2, 0.25) is 0 Å². The van der Waals surface area contributed by atoms with Gasteiger partial charge < -0.3 is 14.9 Å². The molecule has 0 fully saturated rings. The van der Waals surface area contributed by atoms with Crippen LogP contribution in [0, 0.1) is 5.82 Å². The van der Waals surface area contributed by atoms with E-state index in [4.69, 9.17) is 0 Å². The van der Waals surface area contributed by atoms with Gasteiger partial charge in [-0.05, 0) is 30.7 Å². The Labute approximate surface area is 109 Å². The van der Waals surface area contributed by atoms with Crippen molar-refractivity contribution >= 4 is 12.3 Å². The molecule has 0 amide bonds. The Morgan fingerprint density at radius 1 is 1.47 bits per heavy atom. The lowest BCUT2D eigenvalue weighted by Crippen LogP contribution is -2.24. The first-order valence-electron chi connectivity index (χ1n) is 5.76. The maximum Gasteiger partial charge on any atom is 0.308 e. The second-order valence-corrected chi connectivity index (χ2v) is 3.91. The number of hydrogen-bond donors (Lipinski definition) is 2. The van der Waals surface area contributed by atoms with Crippen LogP contribution < -0.4 is 0 Å². The molecule has 0 saturated heterocycles.